The van der Waals surface area contributed by atoms with Crippen LogP contribution in [0, 0.1) is 7.14 Å². The predicted octanol–water partition coefficient (Wildman–Crippen LogP) is 7.18. The molecule has 0 spiro atoms. The Morgan fingerprint density at radius 3 is 1.57 bits per heavy atom. The van der Waals surface area contributed by atoms with Crippen LogP contribution in [0.25, 0.3) is 21.8 Å². The molecule has 2 aromatic carbocycles. The summed E-state index contributed by atoms with van der Waals surface area (Å²) in [4.78, 5) is 9.55. The van der Waals surface area contributed by atoms with Crippen LogP contribution in [-0.4, -0.2) is 9.97 Å². The number of aryl methyl sites for hydroxylation is 2. The van der Waals surface area contributed by atoms with Gasteiger partial charge in [0.15, 0.2) is 0 Å². The molecule has 2 heterocycles. The number of fused-ring (bicyclic) bond motifs is 2. The second-order valence-corrected chi connectivity index (χ2v) is 13.0. The van der Waals surface area contributed by atoms with E-state index in [0.717, 1.165) is 53.2 Å². The summed E-state index contributed by atoms with van der Waals surface area (Å²) < 4.78 is 14.6. The summed E-state index contributed by atoms with van der Waals surface area (Å²) in [6, 6.07) is 16.2. The van der Waals surface area contributed by atoms with Gasteiger partial charge in [0.2, 0.25) is 0 Å². The summed E-state index contributed by atoms with van der Waals surface area (Å²) in [5.41, 5.74) is 3.72. The third-order valence-electron chi connectivity index (χ3n) is 4.75. The second kappa shape index (κ2) is 9.96. The Morgan fingerprint density at radius 2 is 1.17 bits per heavy atom. The van der Waals surface area contributed by atoms with Gasteiger partial charge in [-0.15, -0.1) is 0 Å². The second-order valence-electron chi connectivity index (χ2n) is 6.64. The van der Waals surface area contributed by atoms with Crippen molar-refractivity contribution >= 4 is 75.5 Å². The SMILES string of the molecule is CCc1ccc2c(I)ccc([O][Zr]([Cl])[O]c3ccc(I)c4ccc(CC)nc34)c2n1. The standard InChI is InChI=1S/2C11H10INO.ClH.Zr/c2*1-2-7-3-4-8-9(12)5-6-10(14)11(8)13-7;;/h2*3-6,14H,2H2,1H3;1H;/q;;;+3/p-3. The molecule has 0 atom stereocenters. The Hall–Kier alpha value is -0.507. The van der Waals surface area contributed by atoms with E-state index in [-0.39, 0.29) is 0 Å². The van der Waals surface area contributed by atoms with Crippen LogP contribution < -0.4 is 5.63 Å². The van der Waals surface area contributed by atoms with E-state index < -0.39 is 21.4 Å². The van der Waals surface area contributed by atoms with Gasteiger partial charge < -0.3 is 0 Å². The van der Waals surface area contributed by atoms with E-state index in [1.807, 2.05) is 24.3 Å². The van der Waals surface area contributed by atoms with Crippen molar-refractivity contribution in [1.82, 2.24) is 9.97 Å². The van der Waals surface area contributed by atoms with E-state index in [0.29, 0.717) is 11.5 Å². The van der Waals surface area contributed by atoms with Crippen molar-refractivity contribution in [2.75, 3.05) is 0 Å². The molecule has 153 valence electrons. The summed E-state index contributed by atoms with van der Waals surface area (Å²) in [5.74, 6) is 1.37. The van der Waals surface area contributed by atoms with Crippen molar-refractivity contribution in [3.05, 3.63) is 67.1 Å². The van der Waals surface area contributed by atoms with E-state index in [1.165, 1.54) is 0 Å². The maximum absolute atomic E-state index is 6.67. The van der Waals surface area contributed by atoms with E-state index >= 15 is 0 Å². The number of hydrogen-bond donors (Lipinski definition) is 0. The van der Waals surface area contributed by atoms with Crippen LogP contribution in [0.1, 0.15) is 25.2 Å². The Balaban J connectivity index is 1.67. The molecule has 8 heteroatoms. The molecule has 0 amide bonds. The molecule has 0 aliphatic heterocycles. The van der Waals surface area contributed by atoms with Gasteiger partial charge >= 0.3 is 218 Å². The number of aromatic nitrogens is 2. The van der Waals surface area contributed by atoms with Crippen LogP contribution in [0.2, 0.25) is 0 Å². The summed E-state index contributed by atoms with van der Waals surface area (Å²) in [7, 11) is 6.67. The van der Waals surface area contributed by atoms with Crippen LogP contribution in [0.5, 0.6) is 11.5 Å². The maximum atomic E-state index is 6.67. The van der Waals surface area contributed by atoms with Gasteiger partial charge in [0.1, 0.15) is 0 Å². The van der Waals surface area contributed by atoms with Crippen LogP contribution in [0.4, 0.5) is 0 Å². The zero-order valence-electron chi connectivity index (χ0n) is 16.4. The van der Waals surface area contributed by atoms with Gasteiger partial charge in [-0.05, 0) is 0 Å². The molecule has 4 rings (SSSR count). The fraction of sp³-hybridized carbons (Fsp3) is 0.182. The molecular formula is C22H18ClI2N2O2Zr. The first-order valence-corrected chi connectivity index (χ1v) is 16.9. The van der Waals surface area contributed by atoms with Gasteiger partial charge in [-0.1, -0.05) is 0 Å². The third kappa shape index (κ3) is 4.79. The van der Waals surface area contributed by atoms with Gasteiger partial charge in [0.05, 0.1) is 0 Å². The summed E-state index contributed by atoms with van der Waals surface area (Å²) in [5, 5.41) is 2.12. The molecule has 0 aliphatic carbocycles. The molecule has 30 heavy (non-hydrogen) atoms. The van der Waals surface area contributed by atoms with Gasteiger partial charge in [-0.25, -0.2) is 0 Å². The first-order valence-electron chi connectivity index (χ1n) is 9.54. The zero-order valence-corrected chi connectivity index (χ0v) is 23.9. The van der Waals surface area contributed by atoms with Crippen LogP contribution in [0.3, 0.4) is 0 Å². The normalized spacial score (nSPS) is 11.1. The van der Waals surface area contributed by atoms with E-state index in [2.05, 4.69) is 83.3 Å². The monoisotopic (exact) mass is 721 g/mol. The van der Waals surface area contributed by atoms with Crippen LogP contribution >= 0.6 is 53.7 Å². The molecule has 0 N–H and O–H groups in total. The quantitative estimate of drug-likeness (QED) is 0.198. The Bertz CT molecular complexity index is 1140. The summed E-state index contributed by atoms with van der Waals surface area (Å²) in [6.07, 6.45) is 1.73. The molecule has 2 aromatic heterocycles. The molecule has 0 saturated carbocycles. The Labute approximate surface area is 215 Å². The van der Waals surface area contributed by atoms with E-state index in [1.54, 1.807) is 0 Å². The van der Waals surface area contributed by atoms with Gasteiger partial charge in [-0.2, -0.15) is 0 Å². The Morgan fingerprint density at radius 1 is 0.733 bits per heavy atom. The minimum absolute atomic E-state index is 0.683. The molecule has 0 bridgehead atoms. The molecule has 4 nitrogen and oxygen atoms in total. The first-order chi connectivity index (χ1) is 14.5. The number of pyridine rings is 2. The van der Waals surface area contributed by atoms with E-state index in [4.69, 9.17) is 24.1 Å². The number of benzene rings is 2. The van der Waals surface area contributed by atoms with Crippen LogP contribution in [-0.2, 0) is 34.3 Å². The first kappa shape index (κ1) is 22.7. The molecule has 0 unspecified atom stereocenters. The third-order valence-corrected chi connectivity index (χ3v) is 9.42. The van der Waals surface area contributed by atoms with Crippen molar-refractivity contribution in [3.63, 3.8) is 0 Å². The van der Waals surface area contributed by atoms with Crippen molar-refractivity contribution in [1.29, 1.82) is 0 Å². The molecule has 0 aliphatic rings. The van der Waals surface area contributed by atoms with Gasteiger partial charge in [0.25, 0.3) is 0 Å². The zero-order chi connectivity index (χ0) is 21.3. The van der Waals surface area contributed by atoms with Crippen molar-refractivity contribution in [2.24, 2.45) is 0 Å². The molecule has 0 radical (unpaired) electrons. The molecular weight excluding hydrogens is 705 g/mol. The van der Waals surface area contributed by atoms with Gasteiger partial charge in [0, 0.05) is 0 Å². The van der Waals surface area contributed by atoms with Crippen molar-refractivity contribution in [3.8, 4) is 11.5 Å². The topological polar surface area (TPSA) is 44.2 Å². The van der Waals surface area contributed by atoms with Gasteiger partial charge in [-0.3, -0.25) is 0 Å². The molecule has 0 fully saturated rings. The van der Waals surface area contributed by atoms with Crippen molar-refractivity contribution < 1.29 is 27.1 Å². The number of hydrogen-bond acceptors (Lipinski definition) is 4. The molecule has 4 aromatic rings. The fourth-order valence-electron chi connectivity index (χ4n) is 3.15. The minimum atomic E-state index is -3.21. The number of nitrogens with zero attached hydrogens (tertiary/aromatic N) is 2. The van der Waals surface area contributed by atoms with Crippen LogP contribution in [0.15, 0.2) is 48.5 Å². The fourth-order valence-corrected chi connectivity index (χ4v) is 7.12. The average Bonchev–Trinajstić information content (AvgIpc) is 2.77. The number of halogens is 3. The van der Waals surface area contributed by atoms with Crippen molar-refractivity contribution in [2.45, 2.75) is 26.7 Å². The predicted molar refractivity (Wildman–Crippen MR) is 135 cm³/mol. The molecule has 0 saturated heterocycles. The average molecular weight is 723 g/mol. The summed E-state index contributed by atoms with van der Waals surface area (Å²) >= 11 is 1.43. The summed E-state index contributed by atoms with van der Waals surface area (Å²) in [6.45, 7) is 4.18. The Kier molecular flexibility index (Phi) is 7.53. The van der Waals surface area contributed by atoms with E-state index in [9.17, 15) is 0 Å². The number of rotatable bonds is 6.